The number of nitrogens with zero attached hydrogens (tertiary/aromatic N) is 1. The quantitative estimate of drug-likeness (QED) is 0.0261. The zero-order chi connectivity index (χ0) is 44.6. The van der Waals surface area contributed by atoms with Crippen LogP contribution in [0.15, 0.2) is 0 Å². The van der Waals surface area contributed by atoms with Crippen molar-refractivity contribution in [2.24, 2.45) is 0 Å². The second-order valence-electron chi connectivity index (χ2n) is 15.7. The molecule has 2 unspecified atom stereocenters. The summed E-state index contributed by atoms with van der Waals surface area (Å²) in [6, 6.07) is -1.27. The molecular formula is C43H78ClN3Na4O12. The van der Waals surface area contributed by atoms with Gasteiger partial charge in [-0.25, -0.2) is 0 Å². The largest absolute Gasteiger partial charge is 1.00 e. The molecule has 2 atom stereocenters. The van der Waals surface area contributed by atoms with E-state index in [1.54, 1.807) is 0 Å². The van der Waals surface area contributed by atoms with Crippen molar-refractivity contribution in [2.45, 2.75) is 200 Å². The summed E-state index contributed by atoms with van der Waals surface area (Å²) in [5.74, 6) is -6.08. The fraction of sp³-hybridized carbons (Fsp3) is 0.837. The van der Waals surface area contributed by atoms with Crippen LogP contribution in [-0.4, -0.2) is 92.0 Å². The molecule has 348 valence electrons. The Hall–Kier alpha value is 0.540. The maximum atomic E-state index is 11.7. The number of esters is 1. The van der Waals surface area contributed by atoms with Crippen molar-refractivity contribution in [1.82, 2.24) is 10.6 Å². The minimum atomic E-state index is -1.46. The molecule has 0 fully saturated rings. The molecule has 0 spiro atoms. The van der Waals surface area contributed by atoms with Crippen LogP contribution >= 0.6 is 0 Å². The van der Waals surface area contributed by atoms with E-state index >= 15 is 0 Å². The molecule has 0 heterocycles. The molecule has 15 nitrogen and oxygen atoms in total. The number of nitrogens with one attached hydrogen (secondary N) is 2. The summed E-state index contributed by atoms with van der Waals surface area (Å²) in [7, 11) is 3.65. The number of aliphatic carboxylic acids is 4. The molecule has 0 aliphatic carbocycles. The average molecular weight is 957 g/mol. The van der Waals surface area contributed by atoms with Crippen molar-refractivity contribution in [2.75, 3.05) is 33.7 Å². The van der Waals surface area contributed by atoms with Gasteiger partial charge in [0.2, 0.25) is 11.8 Å². The van der Waals surface area contributed by atoms with Gasteiger partial charge < -0.3 is 71.9 Å². The number of amides is 2. The molecule has 0 aliphatic heterocycles. The van der Waals surface area contributed by atoms with Gasteiger partial charge >= 0.3 is 124 Å². The predicted molar refractivity (Wildman–Crippen MR) is 215 cm³/mol. The second kappa shape index (κ2) is 56.9. The fourth-order valence-corrected chi connectivity index (χ4v) is 5.81. The van der Waals surface area contributed by atoms with Crippen molar-refractivity contribution in [3.63, 3.8) is 0 Å². The van der Waals surface area contributed by atoms with E-state index in [0.29, 0.717) is 30.4 Å². The maximum absolute atomic E-state index is 11.7. The van der Waals surface area contributed by atoms with Crippen LogP contribution in [0.4, 0.5) is 0 Å². The van der Waals surface area contributed by atoms with Crippen molar-refractivity contribution in [1.29, 1.82) is 0 Å². The van der Waals surface area contributed by atoms with Gasteiger partial charge in [-0.05, 0) is 32.6 Å². The molecule has 0 saturated heterocycles. The van der Waals surface area contributed by atoms with Crippen molar-refractivity contribution < 1.29 is 194 Å². The van der Waals surface area contributed by atoms with E-state index in [0.717, 1.165) is 38.5 Å². The number of carboxylic acids is 4. The Balaban J connectivity index is -0.000000120. The summed E-state index contributed by atoms with van der Waals surface area (Å²) in [6.45, 7) is 8.48. The van der Waals surface area contributed by atoms with E-state index in [1.165, 1.54) is 104 Å². The molecule has 0 bridgehead atoms. The number of quaternary nitrogens is 1. The molecule has 0 saturated carbocycles. The SMILES string of the molecule is CC(=O)NCCC[N+](C)(C)CC(=O)[O-].CCCCCCCCCCCC(=O)OC(C)C(=O)[O-].CCCCCCCCCCCCCC(=O)NC(CCC(=O)[O-])C(=O)[O-].[Cl-].[Na+].[Na+].[Na+].[Na+]. The van der Waals surface area contributed by atoms with E-state index in [9.17, 15) is 54.0 Å². The van der Waals surface area contributed by atoms with Crippen LogP contribution in [0.3, 0.4) is 0 Å². The molecule has 0 aromatic carbocycles. The molecule has 2 amide bonds. The summed E-state index contributed by atoms with van der Waals surface area (Å²) < 4.78 is 5.06. The summed E-state index contributed by atoms with van der Waals surface area (Å²) in [5, 5.41) is 46.9. The summed E-state index contributed by atoms with van der Waals surface area (Å²) in [5.41, 5.74) is 0. The Morgan fingerprint density at radius 1 is 0.556 bits per heavy atom. The third-order valence-electron chi connectivity index (χ3n) is 9.26. The number of unbranched alkanes of at least 4 members (excludes halogenated alkanes) is 18. The maximum Gasteiger partial charge on any atom is 1.00 e. The normalized spacial score (nSPS) is 10.8. The van der Waals surface area contributed by atoms with E-state index in [1.807, 2.05) is 14.1 Å². The number of carbonyl (C=O) groups is 7. The van der Waals surface area contributed by atoms with Gasteiger partial charge in [0, 0.05) is 38.7 Å². The first-order chi connectivity index (χ1) is 27.4. The number of hydrogen-bond acceptors (Lipinski definition) is 12. The molecule has 63 heavy (non-hydrogen) atoms. The van der Waals surface area contributed by atoms with Crippen LogP contribution < -0.4 is 162 Å². The number of carbonyl (C=O) groups excluding carboxylic acids is 7. The number of carboxylic acid groups (broad SMARTS) is 4. The van der Waals surface area contributed by atoms with Crippen LogP contribution in [0, 0.1) is 0 Å². The Labute approximate surface area is 474 Å². The minimum absolute atomic E-state index is 0. The first-order valence-electron chi connectivity index (χ1n) is 21.7. The molecule has 20 heteroatoms. The van der Waals surface area contributed by atoms with E-state index in [4.69, 9.17) is 0 Å². The standard InChI is InChI=1S/C19H35NO5.C15H28O4.C9H18N2O3.ClH.4Na/c1-2-3-4-5-6-7-8-9-10-11-12-13-17(21)20-16(19(24)25)14-15-18(22)23;1-3-4-5-6-7-8-9-10-11-12-14(16)19-13(2)15(17)18;1-8(12)10-5-4-6-11(2,3)7-9(13)14;;;;;/h16H,2-15H2,1H3,(H,20,21)(H,22,23)(H,24,25);13H,3-12H2,1-2H3,(H,17,18);4-7H2,1-3H3,(H-,10,12,13,14);1H;;;;/q;;;;4*+1/p-4. The van der Waals surface area contributed by atoms with Crippen LogP contribution in [0.25, 0.3) is 0 Å². The number of halogens is 1. The molecule has 0 aliphatic rings. The molecule has 2 N–H and O–H groups in total. The summed E-state index contributed by atoms with van der Waals surface area (Å²) in [4.78, 5) is 75.4. The summed E-state index contributed by atoms with van der Waals surface area (Å²) >= 11 is 0. The molecule has 0 aromatic rings. The molecule has 0 radical (unpaired) electrons. The van der Waals surface area contributed by atoms with Gasteiger partial charge in [0.25, 0.3) is 0 Å². The van der Waals surface area contributed by atoms with Gasteiger partial charge in [-0.3, -0.25) is 14.4 Å². The van der Waals surface area contributed by atoms with Gasteiger partial charge in [-0.2, -0.15) is 0 Å². The topological polar surface area (TPSA) is 245 Å². The number of hydrogen-bond donors (Lipinski definition) is 2. The minimum Gasteiger partial charge on any atom is -1.00 e. The molecule has 0 rings (SSSR count). The van der Waals surface area contributed by atoms with Gasteiger partial charge in [0.05, 0.1) is 44.6 Å². The van der Waals surface area contributed by atoms with Gasteiger partial charge in [-0.15, -0.1) is 0 Å². The van der Waals surface area contributed by atoms with E-state index in [2.05, 4.69) is 29.2 Å². The van der Waals surface area contributed by atoms with Crippen LogP contribution in [0.5, 0.6) is 0 Å². The number of likely N-dealkylation sites (N-methyl/N-ethyl adjacent to an activating group) is 1. The monoisotopic (exact) mass is 955 g/mol. The Morgan fingerprint density at radius 3 is 1.30 bits per heavy atom. The van der Waals surface area contributed by atoms with E-state index in [-0.39, 0.29) is 162 Å². The third kappa shape index (κ3) is 66.9. The first-order valence-corrected chi connectivity index (χ1v) is 21.7. The second-order valence-corrected chi connectivity index (χ2v) is 15.7. The van der Waals surface area contributed by atoms with Crippen molar-refractivity contribution in [3.8, 4) is 0 Å². The van der Waals surface area contributed by atoms with Gasteiger partial charge in [0.15, 0.2) is 0 Å². The molecule has 0 aromatic heterocycles. The van der Waals surface area contributed by atoms with Crippen molar-refractivity contribution >= 4 is 41.7 Å². The van der Waals surface area contributed by atoms with Crippen LogP contribution in [0.1, 0.15) is 188 Å². The Morgan fingerprint density at radius 2 is 0.952 bits per heavy atom. The predicted octanol–water partition coefficient (Wildman–Crippen LogP) is -12.6. The number of rotatable bonds is 35. The fourth-order valence-electron chi connectivity index (χ4n) is 5.81. The average Bonchev–Trinajstić information content (AvgIpc) is 3.13. The molecular weight excluding hydrogens is 878 g/mol. The zero-order valence-corrected chi connectivity index (χ0v) is 49.9. The number of ether oxygens (including phenoxy) is 1. The smallest absolute Gasteiger partial charge is 1.00 e. The zero-order valence-electron chi connectivity index (χ0n) is 41.2. The third-order valence-corrected chi connectivity index (χ3v) is 9.26. The first kappa shape index (κ1) is 80.6. The van der Waals surface area contributed by atoms with Gasteiger partial charge in [-0.1, -0.05) is 129 Å². The van der Waals surface area contributed by atoms with Crippen LogP contribution in [0.2, 0.25) is 0 Å². The Kier molecular flexibility index (Phi) is 72.7. The van der Waals surface area contributed by atoms with Crippen LogP contribution in [-0.2, 0) is 38.3 Å². The van der Waals surface area contributed by atoms with E-state index < -0.39 is 48.4 Å². The Bertz CT molecular complexity index is 1150. The van der Waals surface area contributed by atoms with Crippen molar-refractivity contribution in [3.05, 3.63) is 0 Å². The summed E-state index contributed by atoms with van der Waals surface area (Å²) in [6.07, 6.45) is 23.1. The van der Waals surface area contributed by atoms with Gasteiger partial charge in [0.1, 0.15) is 12.6 Å².